The van der Waals surface area contributed by atoms with Gasteiger partial charge in [-0.25, -0.2) is 4.98 Å². The molecule has 0 saturated carbocycles. The first kappa shape index (κ1) is 13.2. The van der Waals surface area contributed by atoms with Gasteiger partial charge in [-0.2, -0.15) is 0 Å². The summed E-state index contributed by atoms with van der Waals surface area (Å²) >= 11 is 5.74. The Labute approximate surface area is 111 Å². The van der Waals surface area contributed by atoms with Gasteiger partial charge in [0, 0.05) is 20.2 Å². The summed E-state index contributed by atoms with van der Waals surface area (Å²) in [4.78, 5) is 21.9. The largest absolute Gasteiger partial charge is 0.384 e. The van der Waals surface area contributed by atoms with Crippen LogP contribution in [0.3, 0.4) is 0 Å². The Balaban J connectivity index is 2.04. The van der Waals surface area contributed by atoms with Crippen molar-refractivity contribution in [1.29, 1.82) is 0 Å². The Kier molecular flexibility index (Phi) is 4.49. The lowest BCUT2D eigenvalue weighted by Crippen LogP contribution is -2.41. The van der Waals surface area contributed by atoms with Crippen molar-refractivity contribution in [1.82, 2.24) is 14.9 Å². The molecule has 0 radical (unpaired) electrons. The maximum absolute atomic E-state index is 12.2. The van der Waals surface area contributed by atoms with E-state index in [9.17, 15) is 4.79 Å². The third kappa shape index (κ3) is 3.17. The molecule has 0 spiro atoms. The first-order chi connectivity index (χ1) is 8.70. The van der Waals surface area contributed by atoms with Gasteiger partial charge in [0.15, 0.2) is 0 Å². The molecule has 1 aromatic heterocycles. The van der Waals surface area contributed by atoms with Crippen LogP contribution >= 0.6 is 11.6 Å². The second-order valence-corrected chi connectivity index (χ2v) is 4.83. The Morgan fingerprint density at radius 2 is 2.44 bits per heavy atom. The Bertz CT molecular complexity index is 426. The maximum Gasteiger partial charge on any atom is 0.274 e. The lowest BCUT2D eigenvalue weighted by atomic mass is 9.99. The fourth-order valence-corrected chi connectivity index (χ4v) is 2.38. The van der Waals surface area contributed by atoms with Gasteiger partial charge >= 0.3 is 0 Å². The zero-order valence-electron chi connectivity index (χ0n) is 10.3. The Morgan fingerprint density at radius 1 is 1.61 bits per heavy atom. The van der Waals surface area contributed by atoms with Crippen LogP contribution in [0.5, 0.6) is 0 Å². The molecule has 18 heavy (non-hydrogen) atoms. The SMILES string of the molecule is COCC1CCCN(C(=O)c2cncc(Cl)n2)C1. The second kappa shape index (κ2) is 6.11. The summed E-state index contributed by atoms with van der Waals surface area (Å²) in [7, 11) is 1.68. The molecule has 1 aliphatic heterocycles. The minimum Gasteiger partial charge on any atom is -0.384 e. The van der Waals surface area contributed by atoms with Crippen molar-refractivity contribution in [3.63, 3.8) is 0 Å². The third-order valence-electron chi connectivity index (χ3n) is 3.03. The lowest BCUT2D eigenvalue weighted by Gasteiger charge is -2.32. The van der Waals surface area contributed by atoms with Gasteiger partial charge < -0.3 is 9.64 Å². The van der Waals surface area contributed by atoms with Gasteiger partial charge in [0.1, 0.15) is 10.8 Å². The summed E-state index contributed by atoms with van der Waals surface area (Å²) in [5.74, 6) is 0.297. The molecule has 2 rings (SSSR count). The number of carbonyl (C=O) groups is 1. The van der Waals surface area contributed by atoms with E-state index in [1.807, 2.05) is 0 Å². The molecule has 0 N–H and O–H groups in total. The van der Waals surface area contributed by atoms with Gasteiger partial charge in [-0.15, -0.1) is 0 Å². The first-order valence-electron chi connectivity index (χ1n) is 5.96. The molecule has 1 aliphatic rings. The van der Waals surface area contributed by atoms with Crippen molar-refractivity contribution in [2.24, 2.45) is 5.92 Å². The predicted molar refractivity (Wildman–Crippen MR) is 67.5 cm³/mol. The summed E-state index contributed by atoms with van der Waals surface area (Å²) in [5, 5.41) is 0.242. The highest BCUT2D eigenvalue weighted by Gasteiger charge is 2.25. The van der Waals surface area contributed by atoms with Crippen molar-refractivity contribution in [3.8, 4) is 0 Å². The normalized spacial score (nSPS) is 19.9. The number of amides is 1. The molecular weight excluding hydrogens is 254 g/mol. The van der Waals surface area contributed by atoms with E-state index in [2.05, 4.69) is 9.97 Å². The van der Waals surface area contributed by atoms with E-state index in [1.54, 1.807) is 12.0 Å². The van der Waals surface area contributed by atoms with E-state index in [-0.39, 0.29) is 11.1 Å². The third-order valence-corrected chi connectivity index (χ3v) is 3.21. The van der Waals surface area contributed by atoms with Crippen LogP contribution in [0.1, 0.15) is 23.3 Å². The van der Waals surface area contributed by atoms with Gasteiger partial charge in [-0.3, -0.25) is 9.78 Å². The van der Waals surface area contributed by atoms with Gasteiger partial charge in [-0.1, -0.05) is 11.6 Å². The predicted octanol–water partition coefficient (Wildman–Crippen LogP) is 1.63. The van der Waals surface area contributed by atoms with Gasteiger partial charge in [0.25, 0.3) is 5.91 Å². The summed E-state index contributed by atoms with van der Waals surface area (Å²) in [5.41, 5.74) is 0.306. The summed E-state index contributed by atoms with van der Waals surface area (Å²) < 4.78 is 5.15. The number of hydrogen-bond donors (Lipinski definition) is 0. The topological polar surface area (TPSA) is 55.3 Å². The van der Waals surface area contributed by atoms with Crippen LogP contribution in [0.4, 0.5) is 0 Å². The number of carbonyl (C=O) groups excluding carboxylic acids is 1. The molecule has 6 heteroatoms. The van der Waals surface area contributed by atoms with Crippen LogP contribution in [-0.2, 0) is 4.74 Å². The highest BCUT2D eigenvalue weighted by molar-refractivity contribution is 6.29. The number of halogens is 1. The number of hydrogen-bond acceptors (Lipinski definition) is 4. The molecule has 98 valence electrons. The number of likely N-dealkylation sites (tertiary alicyclic amines) is 1. The van der Waals surface area contributed by atoms with E-state index < -0.39 is 0 Å². The minimum atomic E-state index is -0.106. The van der Waals surface area contributed by atoms with E-state index in [4.69, 9.17) is 16.3 Å². The van der Waals surface area contributed by atoms with E-state index >= 15 is 0 Å². The van der Waals surface area contributed by atoms with Crippen LogP contribution in [0.15, 0.2) is 12.4 Å². The van der Waals surface area contributed by atoms with Crippen LogP contribution in [0.25, 0.3) is 0 Å². The maximum atomic E-state index is 12.2. The van der Waals surface area contributed by atoms with Crippen molar-refractivity contribution in [2.75, 3.05) is 26.8 Å². The molecule has 1 saturated heterocycles. The van der Waals surface area contributed by atoms with Crippen LogP contribution in [-0.4, -0.2) is 47.6 Å². The smallest absolute Gasteiger partial charge is 0.274 e. The van der Waals surface area contributed by atoms with Crippen LogP contribution in [0.2, 0.25) is 5.15 Å². The van der Waals surface area contributed by atoms with E-state index in [0.717, 1.165) is 19.4 Å². The molecule has 0 aromatic carbocycles. The molecule has 1 fully saturated rings. The van der Waals surface area contributed by atoms with Gasteiger partial charge in [0.05, 0.1) is 19.0 Å². The molecule has 1 aromatic rings. The van der Waals surface area contributed by atoms with Crippen molar-refractivity contribution in [3.05, 3.63) is 23.2 Å². The Morgan fingerprint density at radius 3 is 3.17 bits per heavy atom. The summed E-state index contributed by atoms with van der Waals surface area (Å²) in [6.07, 6.45) is 4.96. The number of rotatable bonds is 3. The van der Waals surface area contributed by atoms with Crippen molar-refractivity contribution >= 4 is 17.5 Å². The monoisotopic (exact) mass is 269 g/mol. The highest BCUT2D eigenvalue weighted by atomic mass is 35.5. The quantitative estimate of drug-likeness (QED) is 0.837. The molecule has 1 amide bonds. The fourth-order valence-electron chi connectivity index (χ4n) is 2.23. The number of ether oxygens (including phenoxy) is 1. The average Bonchev–Trinajstić information content (AvgIpc) is 2.39. The molecular formula is C12H16ClN3O2. The van der Waals surface area contributed by atoms with Gasteiger partial charge in [0.2, 0.25) is 0 Å². The standard InChI is InChI=1S/C12H16ClN3O2/c1-18-8-9-3-2-4-16(7-9)12(17)10-5-14-6-11(13)15-10/h5-6,9H,2-4,7-8H2,1H3. The molecule has 1 unspecified atom stereocenters. The fraction of sp³-hybridized carbons (Fsp3) is 0.583. The zero-order chi connectivity index (χ0) is 13.0. The summed E-state index contributed by atoms with van der Waals surface area (Å²) in [6.45, 7) is 2.15. The first-order valence-corrected chi connectivity index (χ1v) is 6.34. The number of aromatic nitrogens is 2. The zero-order valence-corrected chi connectivity index (χ0v) is 11.1. The second-order valence-electron chi connectivity index (χ2n) is 4.44. The van der Waals surface area contributed by atoms with E-state index in [0.29, 0.717) is 24.8 Å². The number of nitrogens with zero attached hydrogens (tertiary/aromatic N) is 3. The summed E-state index contributed by atoms with van der Waals surface area (Å²) in [6, 6.07) is 0. The molecule has 0 bridgehead atoms. The lowest BCUT2D eigenvalue weighted by molar-refractivity contribution is 0.0565. The highest BCUT2D eigenvalue weighted by Crippen LogP contribution is 2.18. The van der Waals surface area contributed by atoms with E-state index in [1.165, 1.54) is 12.4 Å². The average molecular weight is 270 g/mol. The minimum absolute atomic E-state index is 0.106. The number of methoxy groups -OCH3 is 1. The molecule has 5 nitrogen and oxygen atoms in total. The Hall–Kier alpha value is -1.20. The van der Waals surface area contributed by atoms with Crippen LogP contribution < -0.4 is 0 Å². The van der Waals surface area contributed by atoms with Crippen molar-refractivity contribution in [2.45, 2.75) is 12.8 Å². The molecule has 2 heterocycles. The van der Waals surface area contributed by atoms with Crippen LogP contribution in [0, 0.1) is 5.92 Å². The molecule has 1 atom stereocenters. The number of piperidine rings is 1. The molecule has 0 aliphatic carbocycles. The van der Waals surface area contributed by atoms with Gasteiger partial charge in [-0.05, 0) is 18.8 Å². The van der Waals surface area contributed by atoms with Crippen molar-refractivity contribution < 1.29 is 9.53 Å².